The van der Waals surface area contributed by atoms with Gasteiger partial charge in [-0.25, -0.2) is 0 Å². The van der Waals surface area contributed by atoms with Gasteiger partial charge in [-0.15, -0.1) is 6.58 Å². The summed E-state index contributed by atoms with van der Waals surface area (Å²) in [5.74, 6) is 0.983. The fourth-order valence-corrected chi connectivity index (χ4v) is 2.19. The smallest absolute Gasteiger partial charge is 0.0694 e. The van der Waals surface area contributed by atoms with Crippen molar-refractivity contribution in [1.82, 2.24) is 0 Å². The third-order valence-corrected chi connectivity index (χ3v) is 3.11. The van der Waals surface area contributed by atoms with Crippen molar-refractivity contribution < 1.29 is 0 Å². The molecule has 0 amide bonds. The van der Waals surface area contributed by atoms with Crippen molar-refractivity contribution in [2.75, 3.05) is 0 Å². The molecule has 0 saturated carbocycles. The summed E-state index contributed by atoms with van der Waals surface area (Å²) in [6.45, 7) is 14.7. The molecule has 0 aliphatic carbocycles. The molecule has 0 spiro atoms. The minimum Gasteiger partial charge on any atom is -0.261 e. The average molecular weight is 243 g/mol. The van der Waals surface area contributed by atoms with Crippen molar-refractivity contribution in [3.05, 3.63) is 41.5 Å². The Bertz CT molecular complexity index is 410. The molecule has 0 aliphatic rings. The van der Waals surface area contributed by atoms with E-state index in [9.17, 15) is 0 Å². The van der Waals surface area contributed by atoms with Gasteiger partial charge in [0.2, 0.25) is 0 Å². The molecular weight excluding hydrogens is 218 g/mol. The SMILES string of the molecule is C=CCc1cc(C(C)C)c(N=CC)c(C(C)C)c1. The number of rotatable bonds is 5. The van der Waals surface area contributed by atoms with Gasteiger partial charge >= 0.3 is 0 Å². The summed E-state index contributed by atoms with van der Waals surface area (Å²) in [5, 5.41) is 0. The molecule has 0 aliphatic heterocycles. The van der Waals surface area contributed by atoms with Crippen molar-refractivity contribution in [2.45, 2.75) is 52.9 Å². The highest BCUT2D eigenvalue weighted by Crippen LogP contribution is 2.36. The fourth-order valence-electron chi connectivity index (χ4n) is 2.19. The molecule has 0 saturated heterocycles. The van der Waals surface area contributed by atoms with E-state index < -0.39 is 0 Å². The van der Waals surface area contributed by atoms with Crippen LogP contribution in [0.2, 0.25) is 0 Å². The summed E-state index contributed by atoms with van der Waals surface area (Å²) in [7, 11) is 0. The van der Waals surface area contributed by atoms with Gasteiger partial charge in [-0.05, 0) is 41.9 Å². The molecule has 1 nitrogen and oxygen atoms in total. The van der Waals surface area contributed by atoms with Crippen LogP contribution in [0.5, 0.6) is 0 Å². The number of hydrogen-bond donors (Lipinski definition) is 0. The molecule has 0 fully saturated rings. The van der Waals surface area contributed by atoms with Gasteiger partial charge in [-0.2, -0.15) is 0 Å². The standard InChI is InChI=1S/C17H25N/c1-7-9-14-10-15(12(3)4)17(18-8-2)16(11-14)13(5)6/h7-8,10-13H,1,9H2,2-6H3. The number of hydrogen-bond acceptors (Lipinski definition) is 1. The summed E-state index contributed by atoms with van der Waals surface area (Å²) in [4.78, 5) is 4.60. The van der Waals surface area contributed by atoms with Crippen LogP contribution in [0.1, 0.15) is 63.1 Å². The predicted molar refractivity (Wildman–Crippen MR) is 82.3 cm³/mol. The van der Waals surface area contributed by atoms with Crippen LogP contribution in [-0.2, 0) is 6.42 Å². The second-order valence-corrected chi connectivity index (χ2v) is 5.31. The zero-order valence-corrected chi connectivity index (χ0v) is 12.3. The Labute approximate surface area is 112 Å². The van der Waals surface area contributed by atoms with Crippen molar-refractivity contribution in [3.63, 3.8) is 0 Å². The van der Waals surface area contributed by atoms with E-state index in [1.54, 1.807) is 0 Å². The van der Waals surface area contributed by atoms with E-state index >= 15 is 0 Å². The summed E-state index contributed by atoms with van der Waals surface area (Å²) >= 11 is 0. The van der Waals surface area contributed by atoms with Gasteiger partial charge in [-0.3, -0.25) is 4.99 Å². The van der Waals surface area contributed by atoms with E-state index in [2.05, 4.69) is 51.4 Å². The lowest BCUT2D eigenvalue weighted by Crippen LogP contribution is -1.98. The van der Waals surface area contributed by atoms with E-state index in [0.29, 0.717) is 11.8 Å². The maximum Gasteiger partial charge on any atom is 0.0694 e. The topological polar surface area (TPSA) is 12.4 Å². The van der Waals surface area contributed by atoms with Gasteiger partial charge in [0.05, 0.1) is 5.69 Å². The highest BCUT2D eigenvalue weighted by atomic mass is 14.7. The van der Waals surface area contributed by atoms with Crippen LogP contribution in [0.25, 0.3) is 0 Å². The van der Waals surface area contributed by atoms with Gasteiger partial charge in [0.15, 0.2) is 0 Å². The van der Waals surface area contributed by atoms with Gasteiger partial charge in [0.1, 0.15) is 0 Å². The van der Waals surface area contributed by atoms with Gasteiger partial charge in [0.25, 0.3) is 0 Å². The molecule has 0 radical (unpaired) electrons. The maximum absolute atomic E-state index is 4.60. The lowest BCUT2D eigenvalue weighted by atomic mass is 9.89. The first kappa shape index (κ1) is 14.7. The van der Waals surface area contributed by atoms with Crippen molar-refractivity contribution >= 4 is 11.9 Å². The van der Waals surface area contributed by atoms with Crippen LogP contribution in [-0.4, -0.2) is 6.21 Å². The first-order chi connectivity index (χ1) is 8.51. The van der Waals surface area contributed by atoms with Crippen LogP contribution in [0.15, 0.2) is 29.8 Å². The monoisotopic (exact) mass is 243 g/mol. The predicted octanol–water partition coefficient (Wildman–Crippen LogP) is 5.38. The second kappa shape index (κ2) is 6.53. The number of benzene rings is 1. The highest BCUT2D eigenvalue weighted by Gasteiger charge is 2.14. The maximum atomic E-state index is 4.60. The third-order valence-electron chi connectivity index (χ3n) is 3.11. The van der Waals surface area contributed by atoms with E-state index in [1.165, 1.54) is 16.7 Å². The van der Waals surface area contributed by atoms with Gasteiger partial charge in [0, 0.05) is 6.21 Å². The van der Waals surface area contributed by atoms with Gasteiger partial charge in [-0.1, -0.05) is 45.9 Å². The summed E-state index contributed by atoms with van der Waals surface area (Å²) in [6, 6.07) is 4.56. The van der Waals surface area contributed by atoms with Crippen LogP contribution >= 0.6 is 0 Å². The van der Waals surface area contributed by atoms with E-state index in [-0.39, 0.29) is 0 Å². The molecular formula is C17H25N. The molecule has 1 aromatic rings. The first-order valence-corrected chi connectivity index (χ1v) is 6.77. The number of nitrogens with zero attached hydrogens (tertiary/aromatic N) is 1. The molecule has 1 heteroatoms. The quantitative estimate of drug-likeness (QED) is 0.486. The lowest BCUT2D eigenvalue weighted by Gasteiger charge is -2.18. The Morgan fingerprint density at radius 3 is 1.94 bits per heavy atom. The van der Waals surface area contributed by atoms with Crippen molar-refractivity contribution in [2.24, 2.45) is 4.99 Å². The number of allylic oxidation sites excluding steroid dienone is 1. The van der Waals surface area contributed by atoms with Crippen LogP contribution < -0.4 is 0 Å². The zero-order chi connectivity index (χ0) is 13.7. The van der Waals surface area contributed by atoms with Crippen LogP contribution in [0.4, 0.5) is 5.69 Å². The Morgan fingerprint density at radius 1 is 1.11 bits per heavy atom. The molecule has 1 aromatic carbocycles. The third kappa shape index (κ3) is 3.32. The molecule has 98 valence electrons. The Kier molecular flexibility index (Phi) is 5.33. The molecule has 18 heavy (non-hydrogen) atoms. The zero-order valence-electron chi connectivity index (χ0n) is 12.3. The molecule has 0 heterocycles. The summed E-state index contributed by atoms with van der Waals surface area (Å²) in [5.41, 5.74) is 5.19. The number of aliphatic imine (C=N–C) groups is 1. The van der Waals surface area contributed by atoms with Crippen molar-refractivity contribution in [1.29, 1.82) is 0 Å². The minimum atomic E-state index is 0.492. The molecule has 0 bridgehead atoms. The van der Waals surface area contributed by atoms with E-state index in [4.69, 9.17) is 0 Å². The van der Waals surface area contributed by atoms with Crippen LogP contribution in [0.3, 0.4) is 0 Å². The molecule has 0 unspecified atom stereocenters. The van der Waals surface area contributed by atoms with E-state index in [1.807, 2.05) is 19.2 Å². The first-order valence-electron chi connectivity index (χ1n) is 6.77. The summed E-state index contributed by atoms with van der Waals surface area (Å²) < 4.78 is 0. The molecule has 0 aromatic heterocycles. The Balaban J connectivity index is 3.48. The van der Waals surface area contributed by atoms with Gasteiger partial charge < -0.3 is 0 Å². The Hall–Kier alpha value is -1.37. The Morgan fingerprint density at radius 2 is 1.61 bits per heavy atom. The normalized spacial score (nSPS) is 11.7. The van der Waals surface area contributed by atoms with Crippen LogP contribution in [0, 0.1) is 0 Å². The fraction of sp³-hybridized carbons (Fsp3) is 0.471. The highest BCUT2D eigenvalue weighted by molar-refractivity contribution is 5.67. The molecule has 0 atom stereocenters. The van der Waals surface area contributed by atoms with E-state index in [0.717, 1.165) is 12.1 Å². The summed E-state index contributed by atoms with van der Waals surface area (Å²) in [6.07, 6.45) is 4.78. The van der Waals surface area contributed by atoms with Crippen molar-refractivity contribution in [3.8, 4) is 0 Å². The largest absolute Gasteiger partial charge is 0.261 e. The molecule has 1 rings (SSSR count). The minimum absolute atomic E-state index is 0.492. The second-order valence-electron chi connectivity index (χ2n) is 5.31. The molecule has 0 N–H and O–H groups in total. The lowest BCUT2D eigenvalue weighted by molar-refractivity contribution is 0.830. The average Bonchev–Trinajstić information content (AvgIpc) is 2.30.